The second kappa shape index (κ2) is 5.79. The van der Waals surface area contributed by atoms with E-state index in [1.54, 1.807) is 0 Å². The van der Waals surface area contributed by atoms with Gasteiger partial charge in [0.1, 0.15) is 0 Å². The van der Waals surface area contributed by atoms with Crippen molar-refractivity contribution in [2.24, 2.45) is 11.8 Å². The first-order valence-electron chi connectivity index (χ1n) is 6.44. The molecular weight excluding hydrogens is 267 g/mol. The van der Waals surface area contributed by atoms with E-state index < -0.39 is 0 Å². The smallest absolute Gasteiger partial charge is 0.0406 e. The summed E-state index contributed by atoms with van der Waals surface area (Å²) in [6.45, 7) is 7.18. The normalized spacial score (nSPS) is 28.8. The summed E-state index contributed by atoms with van der Waals surface area (Å²) in [6.07, 6.45) is 0. The molecule has 2 fully saturated rings. The molecule has 0 aliphatic carbocycles. The fraction of sp³-hybridized carbons (Fsp3) is 0.571. The van der Waals surface area contributed by atoms with Crippen molar-refractivity contribution in [3.63, 3.8) is 0 Å². The maximum absolute atomic E-state index is 5.93. The van der Waals surface area contributed by atoms with Crippen molar-refractivity contribution < 1.29 is 0 Å². The Labute approximate surface area is 120 Å². The van der Waals surface area contributed by atoms with Crippen LogP contribution < -0.4 is 5.32 Å². The van der Waals surface area contributed by atoms with Gasteiger partial charge >= 0.3 is 0 Å². The van der Waals surface area contributed by atoms with Gasteiger partial charge in [0.2, 0.25) is 0 Å². The van der Waals surface area contributed by atoms with Gasteiger partial charge in [-0.1, -0.05) is 23.7 Å². The Morgan fingerprint density at radius 2 is 1.72 bits per heavy atom. The van der Waals surface area contributed by atoms with Crippen molar-refractivity contribution in [3.8, 4) is 0 Å². The second-order valence-corrected chi connectivity index (χ2v) is 5.80. The fourth-order valence-corrected chi connectivity index (χ4v) is 3.29. The highest BCUT2D eigenvalue weighted by Gasteiger charge is 2.37. The van der Waals surface area contributed by atoms with Crippen molar-refractivity contribution in [1.29, 1.82) is 0 Å². The molecular formula is C14H20Cl2N2. The number of rotatable bonds is 2. The monoisotopic (exact) mass is 286 g/mol. The first kappa shape index (κ1) is 14.1. The van der Waals surface area contributed by atoms with Gasteiger partial charge in [0, 0.05) is 24.2 Å². The molecule has 18 heavy (non-hydrogen) atoms. The summed E-state index contributed by atoms with van der Waals surface area (Å²) < 4.78 is 0. The third kappa shape index (κ3) is 2.67. The van der Waals surface area contributed by atoms with E-state index in [0.717, 1.165) is 16.9 Å². The van der Waals surface area contributed by atoms with E-state index >= 15 is 0 Å². The summed E-state index contributed by atoms with van der Waals surface area (Å²) in [4.78, 5) is 2.61. The molecule has 0 amide bonds. The molecule has 3 rings (SSSR count). The van der Waals surface area contributed by atoms with Crippen LogP contribution in [0.15, 0.2) is 24.3 Å². The van der Waals surface area contributed by atoms with Gasteiger partial charge in [-0.15, -0.1) is 12.4 Å². The zero-order chi connectivity index (χ0) is 11.8. The Kier molecular flexibility index (Phi) is 4.54. The van der Waals surface area contributed by atoms with Gasteiger partial charge in [-0.3, -0.25) is 4.90 Å². The van der Waals surface area contributed by atoms with Gasteiger partial charge in [-0.2, -0.15) is 0 Å². The molecule has 2 nitrogen and oxygen atoms in total. The van der Waals surface area contributed by atoms with E-state index in [0.29, 0.717) is 6.04 Å². The summed E-state index contributed by atoms with van der Waals surface area (Å²) in [5.74, 6) is 1.73. The van der Waals surface area contributed by atoms with Crippen LogP contribution in [0.3, 0.4) is 0 Å². The maximum Gasteiger partial charge on any atom is 0.0406 e. The molecule has 2 aliphatic rings. The molecule has 3 atom stereocenters. The van der Waals surface area contributed by atoms with Gasteiger partial charge in [-0.05, 0) is 49.5 Å². The van der Waals surface area contributed by atoms with Crippen LogP contribution in [-0.4, -0.2) is 31.1 Å². The Hall–Kier alpha value is -0.280. The van der Waals surface area contributed by atoms with Crippen LogP contribution in [0.5, 0.6) is 0 Å². The molecule has 0 saturated carbocycles. The quantitative estimate of drug-likeness (QED) is 0.899. The fourth-order valence-electron chi connectivity index (χ4n) is 3.16. The van der Waals surface area contributed by atoms with Gasteiger partial charge < -0.3 is 5.32 Å². The van der Waals surface area contributed by atoms with E-state index in [4.69, 9.17) is 11.6 Å². The maximum atomic E-state index is 5.93. The van der Waals surface area contributed by atoms with E-state index in [9.17, 15) is 0 Å². The Morgan fingerprint density at radius 3 is 2.28 bits per heavy atom. The van der Waals surface area contributed by atoms with Crippen LogP contribution in [-0.2, 0) is 0 Å². The summed E-state index contributed by atoms with van der Waals surface area (Å²) in [6, 6.07) is 8.80. The summed E-state index contributed by atoms with van der Waals surface area (Å²) >= 11 is 5.93. The van der Waals surface area contributed by atoms with Gasteiger partial charge in [0.25, 0.3) is 0 Å². The van der Waals surface area contributed by atoms with Crippen LogP contribution in [0.2, 0.25) is 5.02 Å². The molecule has 0 spiro atoms. The largest absolute Gasteiger partial charge is 0.316 e. The van der Waals surface area contributed by atoms with Gasteiger partial charge in [0.05, 0.1) is 0 Å². The lowest BCUT2D eigenvalue weighted by atomic mass is 10.0. The number of halogens is 2. The minimum Gasteiger partial charge on any atom is -0.316 e. The van der Waals surface area contributed by atoms with Crippen LogP contribution in [0.1, 0.15) is 18.5 Å². The highest BCUT2D eigenvalue weighted by atomic mass is 35.5. The topological polar surface area (TPSA) is 15.3 Å². The van der Waals surface area contributed by atoms with Crippen molar-refractivity contribution in [2.75, 3.05) is 26.2 Å². The third-order valence-electron chi connectivity index (χ3n) is 4.32. The van der Waals surface area contributed by atoms with E-state index in [1.165, 1.54) is 31.7 Å². The number of nitrogens with one attached hydrogen (secondary N) is 1. The highest BCUT2D eigenvalue weighted by molar-refractivity contribution is 6.30. The Balaban J connectivity index is 0.00000120. The van der Waals surface area contributed by atoms with E-state index in [2.05, 4.69) is 29.3 Å². The van der Waals surface area contributed by atoms with Crippen LogP contribution >= 0.6 is 24.0 Å². The number of nitrogens with zero attached hydrogens (tertiary/aromatic N) is 1. The number of fused-ring (bicyclic) bond motifs is 1. The predicted octanol–water partition coefficient (Wildman–Crippen LogP) is 2.97. The predicted molar refractivity (Wildman–Crippen MR) is 78.5 cm³/mol. The molecule has 4 heteroatoms. The van der Waals surface area contributed by atoms with Gasteiger partial charge in [0.15, 0.2) is 0 Å². The Bertz CT molecular complexity index is 381. The molecule has 2 saturated heterocycles. The van der Waals surface area contributed by atoms with Crippen molar-refractivity contribution in [3.05, 3.63) is 34.9 Å². The first-order valence-corrected chi connectivity index (χ1v) is 6.82. The average molecular weight is 287 g/mol. The third-order valence-corrected chi connectivity index (χ3v) is 4.57. The molecule has 1 aromatic rings. The zero-order valence-electron chi connectivity index (χ0n) is 10.6. The molecule has 0 aromatic heterocycles. The summed E-state index contributed by atoms with van der Waals surface area (Å²) in [5.41, 5.74) is 1.38. The summed E-state index contributed by atoms with van der Waals surface area (Å²) in [7, 11) is 0. The zero-order valence-corrected chi connectivity index (χ0v) is 12.2. The molecule has 2 heterocycles. The average Bonchev–Trinajstić information content (AvgIpc) is 2.89. The lowest BCUT2D eigenvalue weighted by Gasteiger charge is -2.25. The highest BCUT2D eigenvalue weighted by Crippen LogP contribution is 2.32. The first-order chi connectivity index (χ1) is 8.24. The van der Waals surface area contributed by atoms with Gasteiger partial charge in [-0.25, -0.2) is 0 Å². The summed E-state index contributed by atoms with van der Waals surface area (Å²) in [5, 5.41) is 4.31. The molecule has 0 radical (unpaired) electrons. The van der Waals surface area contributed by atoms with E-state index in [-0.39, 0.29) is 12.4 Å². The molecule has 100 valence electrons. The minimum absolute atomic E-state index is 0. The second-order valence-electron chi connectivity index (χ2n) is 5.36. The Morgan fingerprint density at radius 1 is 1.17 bits per heavy atom. The SMILES string of the molecule is CC(c1ccc(Cl)cc1)N1C[C@H]2CNC[C@H]2C1.Cl. The van der Waals surface area contributed by atoms with E-state index in [1.807, 2.05) is 12.1 Å². The number of likely N-dealkylation sites (tertiary alicyclic amines) is 1. The molecule has 1 N–H and O–H groups in total. The van der Waals surface area contributed by atoms with Crippen molar-refractivity contribution in [1.82, 2.24) is 10.2 Å². The standard InChI is InChI=1S/C14H19ClN2.ClH/c1-10(11-2-4-14(15)5-3-11)17-8-12-6-16-7-13(12)9-17;/h2-5,10,12-13,16H,6-9H2,1H3;1H/t10?,12-,13+;. The molecule has 1 unspecified atom stereocenters. The molecule has 2 aliphatic heterocycles. The van der Waals surface area contributed by atoms with Crippen LogP contribution in [0, 0.1) is 11.8 Å². The van der Waals surface area contributed by atoms with Crippen LogP contribution in [0.25, 0.3) is 0 Å². The molecule has 1 aromatic carbocycles. The lowest BCUT2D eigenvalue weighted by molar-refractivity contribution is 0.244. The lowest BCUT2D eigenvalue weighted by Crippen LogP contribution is -2.28. The van der Waals surface area contributed by atoms with Crippen molar-refractivity contribution in [2.45, 2.75) is 13.0 Å². The van der Waals surface area contributed by atoms with Crippen molar-refractivity contribution >= 4 is 24.0 Å². The number of hydrogen-bond acceptors (Lipinski definition) is 2. The van der Waals surface area contributed by atoms with Crippen LogP contribution in [0.4, 0.5) is 0 Å². The minimum atomic E-state index is 0. The number of hydrogen-bond donors (Lipinski definition) is 1. The molecule has 0 bridgehead atoms. The number of benzene rings is 1.